The molecular formula is C22H20N2O2. The average Bonchev–Trinajstić information content (AvgIpc) is 3.08. The molecule has 3 rings (SSSR count). The summed E-state index contributed by atoms with van der Waals surface area (Å²) in [7, 11) is 0. The molecular weight excluding hydrogens is 324 g/mol. The molecule has 1 aromatic heterocycles. The Hall–Kier alpha value is -3.32. The lowest BCUT2D eigenvalue weighted by atomic mass is 9.98. The normalized spacial score (nSPS) is 10.3. The topological polar surface area (TPSA) is 55.0 Å². The summed E-state index contributed by atoms with van der Waals surface area (Å²) in [4.78, 5) is 12.5. The molecule has 0 saturated carbocycles. The molecule has 0 unspecified atom stereocenters. The molecule has 0 N–H and O–H groups in total. The van der Waals surface area contributed by atoms with Gasteiger partial charge in [0.15, 0.2) is 0 Å². The second kappa shape index (κ2) is 7.71. The molecule has 130 valence electrons. The van der Waals surface area contributed by atoms with E-state index < -0.39 is 5.97 Å². The van der Waals surface area contributed by atoms with Crippen LogP contribution in [0.1, 0.15) is 29.9 Å². The Morgan fingerprint density at radius 3 is 2.19 bits per heavy atom. The van der Waals surface area contributed by atoms with Crippen LogP contribution in [0.4, 0.5) is 0 Å². The Kier molecular flexibility index (Phi) is 5.19. The summed E-state index contributed by atoms with van der Waals surface area (Å²) in [5, 5.41) is 9.54. The van der Waals surface area contributed by atoms with Gasteiger partial charge in [-0.25, -0.2) is 4.79 Å². The van der Waals surface area contributed by atoms with Gasteiger partial charge in [0.25, 0.3) is 0 Å². The van der Waals surface area contributed by atoms with Gasteiger partial charge in [-0.1, -0.05) is 54.6 Å². The van der Waals surface area contributed by atoms with Gasteiger partial charge in [-0.3, -0.25) is 0 Å². The Morgan fingerprint density at radius 2 is 1.62 bits per heavy atom. The first kappa shape index (κ1) is 17.5. The highest BCUT2D eigenvalue weighted by Gasteiger charge is 2.23. The van der Waals surface area contributed by atoms with Crippen LogP contribution in [0.3, 0.4) is 0 Å². The summed E-state index contributed by atoms with van der Waals surface area (Å²) >= 11 is 0. The SMILES string of the molecule is CCOC(=O)c1c(-c2ccc(-c3ccccc3)cc2)c(C#N)cn1CC. The number of carbonyl (C=O) groups excluding carboxylic acids is 1. The zero-order valence-electron chi connectivity index (χ0n) is 14.9. The van der Waals surface area contributed by atoms with Crippen molar-refractivity contribution >= 4 is 5.97 Å². The highest BCUT2D eigenvalue weighted by Crippen LogP contribution is 2.32. The molecule has 0 saturated heterocycles. The Morgan fingerprint density at radius 1 is 1.00 bits per heavy atom. The van der Waals surface area contributed by atoms with Crippen LogP contribution in [0.5, 0.6) is 0 Å². The van der Waals surface area contributed by atoms with Crippen LogP contribution in [-0.4, -0.2) is 17.1 Å². The second-order valence-electron chi connectivity index (χ2n) is 5.83. The van der Waals surface area contributed by atoms with Crippen LogP contribution in [0, 0.1) is 11.3 Å². The number of ether oxygens (including phenoxy) is 1. The molecule has 0 amide bonds. The first-order valence-corrected chi connectivity index (χ1v) is 8.65. The molecule has 0 aliphatic heterocycles. The smallest absolute Gasteiger partial charge is 0.355 e. The predicted octanol–water partition coefficient (Wildman–Crippen LogP) is 4.89. The van der Waals surface area contributed by atoms with Crippen molar-refractivity contribution in [2.24, 2.45) is 0 Å². The standard InChI is InChI=1S/C22H20N2O2/c1-3-24-15-19(14-23)20(21(24)22(25)26-4-2)18-12-10-17(11-13-18)16-8-6-5-7-9-16/h5-13,15H,3-4H2,1-2H3. The van der Waals surface area contributed by atoms with Gasteiger partial charge in [0.05, 0.1) is 12.2 Å². The van der Waals surface area contributed by atoms with Crippen LogP contribution in [0.2, 0.25) is 0 Å². The molecule has 0 aliphatic rings. The number of aromatic nitrogens is 1. The van der Waals surface area contributed by atoms with Crippen LogP contribution >= 0.6 is 0 Å². The minimum absolute atomic E-state index is 0.294. The summed E-state index contributed by atoms with van der Waals surface area (Å²) in [6.45, 7) is 4.59. The molecule has 0 aliphatic carbocycles. The van der Waals surface area contributed by atoms with E-state index in [4.69, 9.17) is 4.74 Å². The van der Waals surface area contributed by atoms with Crippen LogP contribution in [0.25, 0.3) is 22.3 Å². The third kappa shape index (κ3) is 3.25. The van der Waals surface area contributed by atoms with Gasteiger partial charge >= 0.3 is 5.97 Å². The number of rotatable bonds is 5. The minimum atomic E-state index is -0.405. The van der Waals surface area contributed by atoms with Crippen LogP contribution in [-0.2, 0) is 11.3 Å². The number of benzene rings is 2. The van der Waals surface area contributed by atoms with Gasteiger partial charge in [-0.2, -0.15) is 5.26 Å². The molecule has 0 fully saturated rings. The van der Waals surface area contributed by atoms with Crippen molar-refractivity contribution in [1.29, 1.82) is 5.26 Å². The van der Waals surface area contributed by atoms with Gasteiger partial charge in [0, 0.05) is 18.3 Å². The molecule has 0 radical (unpaired) electrons. The van der Waals surface area contributed by atoms with Crippen LogP contribution < -0.4 is 0 Å². The average molecular weight is 344 g/mol. The number of hydrogen-bond acceptors (Lipinski definition) is 3. The molecule has 4 nitrogen and oxygen atoms in total. The minimum Gasteiger partial charge on any atom is -0.461 e. The fraction of sp³-hybridized carbons (Fsp3) is 0.182. The van der Waals surface area contributed by atoms with E-state index in [9.17, 15) is 10.1 Å². The maximum atomic E-state index is 12.5. The lowest BCUT2D eigenvalue weighted by Crippen LogP contribution is -2.12. The molecule has 26 heavy (non-hydrogen) atoms. The molecule has 3 aromatic rings. The van der Waals surface area contributed by atoms with Crippen molar-refractivity contribution in [1.82, 2.24) is 4.57 Å². The first-order valence-electron chi connectivity index (χ1n) is 8.65. The molecule has 1 heterocycles. The van der Waals surface area contributed by atoms with Crippen molar-refractivity contribution in [3.8, 4) is 28.3 Å². The van der Waals surface area contributed by atoms with Crippen LogP contribution in [0.15, 0.2) is 60.8 Å². The number of nitriles is 1. The zero-order valence-corrected chi connectivity index (χ0v) is 14.9. The summed E-state index contributed by atoms with van der Waals surface area (Å²) in [5.41, 5.74) is 4.57. The molecule has 0 bridgehead atoms. The van der Waals surface area contributed by atoms with Gasteiger partial charge in [0.2, 0.25) is 0 Å². The van der Waals surface area contributed by atoms with E-state index in [1.54, 1.807) is 17.7 Å². The van der Waals surface area contributed by atoms with Gasteiger partial charge < -0.3 is 9.30 Å². The van der Waals surface area contributed by atoms with Gasteiger partial charge in [0.1, 0.15) is 11.8 Å². The number of esters is 1. The van der Waals surface area contributed by atoms with E-state index >= 15 is 0 Å². The maximum Gasteiger partial charge on any atom is 0.355 e. The highest BCUT2D eigenvalue weighted by molar-refractivity contribution is 5.98. The monoisotopic (exact) mass is 344 g/mol. The summed E-state index contributed by atoms with van der Waals surface area (Å²) in [5.74, 6) is -0.405. The van der Waals surface area contributed by atoms with E-state index in [0.29, 0.717) is 30.0 Å². The van der Waals surface area contributed by atoms with E-state index in [0.717, 1.165) is 16.7 Å². The van der Waals surface area contributed by atoms with Crippen molar-refractivity contribution in [3.05, 3.63) is 72.1 Å². The number of nitrogens with zero attached hydrogens (tertiary/aromatic N) is 2. The van der Waals surface area contributed by atoms with E-state index in [1.807, 2.05) is 61.5 Å². The zero-order chi connectivity index (χ0) is 18.5. The molecule has 0 atom stereocenters. The van der Waals surface area contributed by atoms with Gasteiger partial charge in [-0.05, 0) is 30.5 Å². The maximum absolute atomic E-state index is 12.5. The summed E-state index contributed by atoms with van der Waals surface area (Å²) < 4.78 is 6.99. The third-order valence-electron chi connectivity index (χ3n) is 4.29. The predicted molar refractivity (Wildman–Crippen MR) is 102 cm³/mol. The Bertz CT molecular complexity index is 948. The van der Waals surface area contributed by atoms with E-state index in [1.165, 1.54) is 0 Å². The molecule has 0 spiro atoms. The van der Waals surface area contributed by atoms with Crippen molar-refractivity contribution < 1.29 is 9.53 Å². The second-order valence-corrected chi connectivity index (χ2v) is 5.83. The first-order chi connectivity index (χ1) is 12.7. The van der Waals surface area contributed by atoms with Crippen molar-refractivity contribution in [3.63, 3.8) is 0 Å². The third-order valence-corrected chi connectivity index (χ3v) is 4.29. The lowest BCUT2D eigenvalue weighted by Gasteiger charge is -2.10. The van der Waals surface area contributed by atoms with Gasteiger partial charge in [-0.15, -0.1) is 0 Å². The summed E-state index contributed by atoms with van der Waals surface area (Å²) in [6, 6.07) is 20.2. The van der Waals surface area contributed by atoms with Crippen molar-refractivity contribution in [2.45, 2.75) is 20.4 Å². The van der Waals surface area contributed by atoms with Crippen molar-refractivity contribution in [2.75, 3.05) is 6.61 Å². The van der Waals surface area contributed by atoms with E-state index in [2.05, 4.69) is 6.07 Å². The van der Waals surface area contributed by atoms with E-state index in [-0.39, 0.29) is 0 Å². The largest absolute Gasteiger partial charge is 0.461 e. The molecule has 2 aromatic carbocycles. The fourth-order valence-electron chi connectivity index (χ4n) is 3.06. The quantitative estimate of drug-likeness (QED) is 0.619. The summed E-state index contributed by atoms with van der Waals surface area (Å²) in [6.07, 6.45) is 1.71. The Balaban J connectivity index is 2.10. The highest BCUT2D eigenvalue weighted by atomic mass is 16.5. The fourth-order valence-corrected chi connectivity index (χ4v) is 3.06. The number of aryl methyl sites for hydroxylation is 1. The molecule has 4 heteroatoms. The number of carbonyl (C=O) groups is 1. The number of hydrogen-bond donors (Lipinski definition) is 0. The lowest BCUT2D eigenvalue weighted by molar-refractivity contribution is 0.0515. The Labute approximate surface area is 153 Å².